The summed E-state index contributed by atoms with van der Waals surface area (Å²) in [5.41, 5.74) is 2.84. The van der Waals surface area contributed by atoms with E-state index in [2.05, 4.69) is 15.3 Å². The smallest absolute Gasteiger partial charge is 0.356 e. The quantitative estimate of drug-likeness (QED) is 0.730. The minimum atomic E-state index is -0.478. The number of benzene rings is 1. The van der Waals surface area contributed by atoms with Gasteiger partial charge in [-0.3, -0.25) is 5.10 Å². The van der Waals surface area contributed by atoms with Gasteiger partial charge in [0.25, 0.3) is 0 Å². The van der Waals surface area contributed by atoms with Crippen LogP contribution < -0.4 is 0 Å². The lowest BCUT2D eigenvalue weighted by molar-refractivity contribution is 0.0465. The minimum absolute atomic E-state index is 0.0668. The lowest BCUT2D eigenvalue weighted by Gasteiger charge is -2.05. The molecule has 0 saturated heterocycles. The van der Waals surface area contributed by atoms with Gasteiger partial charge in [0, 0.05) is 11.8 Å². The van der Waals surface area contributed by atoms with E-state index in [9.17, 15) is 4.79 Å². The molecule has 3 aromatic rings. The average Bonchev–Trinajstić information content (AvgIpc) is 3.17. The van der Waals surface area contributed by atoms with Gasteiger partial charge >= 0.3 is 5.97 Å². The number of carbonyl (C=O) groups is 1. The molecule has 7 heteroatoms. The Kier molecular flexibility index (Phi) is 4.43. The van der Waals surface area contributed by atoms with Gasteiger partial charge < -0.3 is 4.74 Å². The molecule has 0 fully saturated rings. The molecular formula is C16H15ClN4O2. The second-order valence-electron chi connectivity index (χ2n) is 5.04. The average molecular weight is 331 g/mol. The van der Waals surface area contributed by atoms with Crippen molar-refractivity contribution in [2.75, 3.05) is 0 Å². The van der Waals surface area contributed by atoms with Crippen molar-refractivity contribution in [3.8, 4) is 0 Å². The molecule has 0 aliphatic rings. The molecule has 0 spiro atoms. The van der Waals surface area contributed by atoms with Gasteiger partial charge in [0.1, 0.15) is 17.5 Å². The molecule has 3 rings (SSSR count). The van der Waals surface area contributed by atoms with Crippen molar-refractivity contribution >= 4 is 17.6 Å². The van der Waals surface area contributed by atoms with Gasteiger partial charge in [-0.2, -0.15) is 10.2 Å². The first-order valence-corrected chi connectivity index (χ1v) is 7.45. The zero-order valence-corrected chi connectivity index (χ0v) is 13.2. The molecule has 0 radical (unpaired) electrons. The molecular weight excluding hydrogens is 316 g/mol. The fourth-order valence-electron chi connectivity index (χ4n) is 2.20. The first-order chi connectivity index (χ1) is 11.1. The van der Waals surface area contributed by atoms with E-state index in [1.54, 1.807) is 10.7 Å². The minimum Gasteiger partial charge on any atom is -0.456 e. The third-order valence-electron chi connectivity index (χ3n) is 3.43. The number of halogens is 1. The fourth-order valence-corrected chi connectivity index (χ4v) is 2.49. The van der Waals surface area contributed by atoms with Crippen molar-refractivity contribution < 1.29 is 9.53 Å². The lowest BCUT2D eigenvalue weighted by atomic mass is 10.2. The van der Waals surface area contributed by atoms with Crippen LogP contribution in [0.2, 0.25) is 5.15 Å². The number of aromatic amines is 1. The Bertz CT molecular complexity index is 797. The number of rotatable bonds is 5. The van der Waals surface area contributed by atoms with Crippen LogP contribution in [0.25, 0.3) is 0 Å². The molecule has 1 aromatic carbocycles. The van der Waals surface area contributed by atoms with E-state index in [0.29, 0.717) is 23.0 Å². The van der Waals surface area contributed by atoms with Crippen LogP contribution in [0.4, 0.5) is 0 Å². The summed E-state index contributed by atoms with van der Waals surface area (Å²) < 4.78 is 6.95. The first-order valence-electron chi connectivity index (χ1n) is 7.07. The molecule has 0 aliphatic carbocycles. The Morgan fingerprint density at radius 1 is 1.30 bits per heavy atom. The third-order valence-corrected chi connectivity index (χ3v) is 3.85. The van der Waals surface area contributed by atoms with Crippen LogP contribution in [0.1, 0.15) is 27.3 Å². The highest BCUT2D eigenvalue weighted by atomic mass is 35.5. The number of aromatic nitrogens is 4. The number of hydrogen-bond donors (Lipinski definition) is 1. The maximum atomic E-state index is 11.8. The Labute approximate surface area is 138 Å². The van der Waals surface area contributed by atoms with Crippen LogP contribution in [-0.2, 0) is 17.9 Å². The second-order valence-corrected chi connectivity index (χ2v) is 5.40. The summed E-state index contributed by atoms with van der Waals surface area (Å²) >= 11 is 6.38. The molecule has 6 nitrogen and oxygen atoms in total. The van der Waals surface area contributed by atoms with Crippen LogP contribution >= 0.6 is 11.6 Å². The number of esters is 1. The summed E-state index contributed by atoms with van der Waals surface area (Å²) in [4.78, 5) is 11.8. The van der Waals surface area contributed by atoms with Crippen molar-refractivity contribution in [1.29, 1.82) is 0 Å². The van der Waals surface area contributed by atoms with Gasteiger partial charge in [0.15, 0.2) is 0 Å². The van der Waals surface area contributed by atoms with E-state index < -0.39 is 5.97 Å². The zero-order chi connectivity index (χ0) is 16.2. The van der Waals surface area contributed by atoms with Crippen molar-refractivity contribution in [2.24, 2.45) is 0 Å². The molecule has 0 amide bonds. The molecule has 1 N–H and O–H groups in total. The van der Waals surface area contributed by atoms with E-state index in [0.717, 1.165) is 11.3 Å². The number of carbonyl (C=O) groups excluding carboxylic acids is 1. The molecule has 23 heavy (non-hydrogen) atoms. The molecule has 2 heterocycles. The standard InChI is InChI=1S/C16H15ClN4O2/c1-11-13(10-23-16(22)14-7-8-18-19-14)15(17)21(20-11)9-12-5-3-2-4-6-12/h2-8H,9-10H2,1H3,(H,18,19). The molecule has 0 atom stereocenters. The van der Waals surface area contributed by atoms with Gasteiger partial charge in [0.2, 0.25) is 0 Å². The normalized spacial score (nSPS) is 10.7. The van der Waals surface area contributed by atoms with Crippen LogP contribution in [0.3, 0.4) is 0 Å². The number of hydrogen-bond acceptors (Lipinski definition) is 4. The van der Waals surface area contributed by atoms with E-state index >= 15 is 0 Å². The summed E-state index contributed by atoms with van der Waals surface area (Å²) in [5, 5.41) is 11.2. The van der Waals surface area contributed by atoms with Crippen LogP contribution in [0, 0.1) is 6.92 Å². The number of nitrogens with zero attached hydrogens (tertiary/aromatic N) is 3. The molecule has 0 saturated carbocycles. The van der Waals surface area contributed by atoms with E-state index in [1.807, 2.05) is 37.3 Å². The lowest BCUT2D eigenvalue weighted by Crippen LogP contribution is -2.06. The van der Waals surface area contributed by atoms with Crippen molar-refractivity contribution in [2.45, 2.75) is 20.1 Å². The monoisotopic (exact) mass is 330 g/mol. The third kappa shape index (κ3) is 3.43. The number of aryl methyl sites for hydroxylation is 1. The summed E-state index contributed by atoms with van der Waals surface area (Å²) in [7, 11) is 0. The first kappa shape index (κ1) is 15.3. The van der Waals surface area contributed by atoms with Gasteiger partial charge in [-0.25, -0.2) is 9.48 Å². The Morgan fingerprint density at radius 3 is 2.78 bits per heavy atom. The van der Waals surface area contributed by atoms with Crippen LogP contribution in [0.5, 0.6) is 0 Å². The summed E-state index contributed by atoms with van der Waals surface area (Å²) in [6.45, 7) is 2.47. The number of H-pyrrole nitrogens is 1. The number of ether oxygens (including phenoxy) is 1. The summed E-state index contributed by atoms with van der Waals surface area (Å²) in [6.07, 6.45) is 1.49. The predicted octanol–water partition coefficient (Wildman–Crippen LogP) is 2.97. The van der Waals surface area contributed by atoms with Gasteiger partial charge in [-0.15, -0.1) is 0 Å². The summed E-state index contributed by atoms with van der Waals surface area (Å²) in [6, 6.07) is 11.4. The molecule has 0 bridgehead atoms. The summed E-state index contributed by atoms with van der Waals surface area (Å²) in [5.74, 6) is -0.478. The van der Waals surface area contributed by atoms with Crippen molar-refractivity contribution in [1.82, 2.24) is 20.0 Å². The van der Waals surface area contributed by atoms with Crippen LogP contribution in [0.15, 0.2) is 42.6 Å². The predicted molar refractivity (Wildman–Crippen MR) is 85.2 cm³/mol. The van der Waals surface area contributed by atoms with Gasteiger partial charge in [0.05, 0.1) is 12.2 Å². The molecule has 0 aliphatic heterocycles. The Hall–Kier alpha value is -2.60. The van der Waals surface area contributed by atoms with Gasteiger partial charge in [-0.1, -0.05) is 41.9 Å². The zero-order valence-electron chi connectivity index (χ0n) is 12.5. The second kappa shape index (κ2) is 6.66. The van der Waals surface area contributed by atoms with Crippen molar-refractivity contribution in [3.05, 3.63) is 70.3 Å². The topological polar surface area (TPSA) is 72.8 Å². The highest BCUT2D eigenvalue weighted by Gasteiger charge is 2.16. The highest BCUT2D eigenvalue weighted by Crippen LogP contribution is 2.22. The van der Waals surface area contributed by atoms with Crippen molar-refractivity contribution in [3.63, 3.8) is 0 Å². The maximum Gasteiger partial charge on any atom is 0.356 e. The SMILES string of the molecule is Cc1nn(Cc2ccccc2)c(Cl)c1COC(=O)c1ccn[nH]1. The van der Waals surface area contributed by atoms with E-state index in [4.69, 9.17) is 16.3 Å². The fraction of sp³-hybridized carbons (Fsp3) is 0.188. The van der Waals surface area contributed by atoms with Gasteiger partial charge in [-0.05, 0) is 18.6 Å². The molecule has 2 aromatic heterocycles. The van der Waals surface area contributed by atoms with E-state index in [-0.39, 0.29) is 6.61 Å². The Balaban J connectivity index is 1.72. The Morgan fingerprint density at radius 2 is 2.09 bits per heavy atom. The molecule has 118 valence electrons. The number of nitrogens with one attached hydrogen (secondary N) is 1. The maximum absolute atomic E-state index is 11.8. The van der Waals surface area contributed by atoms with E-state index in [1.165, 1.54) is 6.20 Å². The largest absolute Gasteiger partial charge is 0.456 e. The molecule has 0 unspecified atom stereocenters. The van der Waals surface area contributed by atoms with Crippen LogP contribution in [-0.4, -0.2) is 25.9 Å². The highest BCUT2D eigenvalue weighted by molar-refractivity contribution is 6.30.